The summed E-state index contributed by atoms with van der Waals surface area (Å²) in [6.07, 6.45) is 0. The lowest BCUT2D eigenvalue weighted by atomic mass is 9.92. The van der Waals surface area contributed by atoms with Crippen LogP contribution in [0.1, 0.15) is 25.0 Å². The van der Waals surface area contributed by atoms with Gasteiger partial charge in [0.2, 0.25) is 5.91 Å². The second-order valence-corrected chi connectivity index (χ2v) is 6.69. The van der Waals surface area contributed by atoms with E-state index >= 15 is 0 Å². The van der Waals surface area contributed by atoms with Crippen molar-refractivity contribution in [2.75, 3.05) is 41.0 Å². The Balaban J connectivity index is 0.00000676. The Hall–Kier alpha value is -1.55. The number of guanidine groups is 1. The van der Waals surface area contributed by atoms with E-state index in [9.17, 15) is 4.79 Å². The van der Waals surface area contributed by atoms with Crippen LogP contribution >= 0.6 is 24.0 Å². The van der Waals surface area contributed by atoms with E-state index in [2.05, 4.69) is 20.9 Å². The molecule has 8 heteroatoms. The molecule has 0 saturated heterocycles. The molecule has 0 aromatic heterocycles. The standard InChI is InChI=1S/C19H32N4O3.HI/c1-14-7-8-15(16(11-14)26-10-9-25-6)12-22-18(21-5)23-13-19(2,3)17(24)20-4;/h7-8,11H,9-10,12-13H2,1-6H3,(H,20,24)(H2,21,22,23);1H. The molecule has 0 saturated carbocycles. The zero-order valence-electron chi connectivity index (χ0n) is 17.1. The molecule has 0 aliphatic carbocycles. The highest BCUT2D eigenvalue weighted by Crippen LogP contribution is 2.20. The summed E-state index contributed by atoms with van der Waals surface area (Å²) in [6.45, 7) is 7.86. The smallest absolute Gasteiger partial charge is 0.227 e. The van der Waals surface area contributed by atoms with Gasteiger partial charge in [-0.1, -0.05) is 12.1 Å². The van der Waals surface area contributed by atoms with Crippen molar-refractivity contribution in [3.8, 4) is 5.75 Å². The topological polar surface area (TPSA) is 84.0 Å². The minimum Gasteiger partial charge on any atom is -0.491 e. The van der Waals surface area contributed by atoms with Gasteiger partial charge < -0.3 is 25.4 Å². The molecule has 1 amide bonds. The number of rotatable bonds is 9. The number of halogens is 1. The van der Waals surface area contributed by atoms with E-state index in [4.69, 9.17) is 9.47 Å². The average molecular weight is 492 g/mol. The Labute approximate surface area is 179 Å². The first-order valence-corrected chi connectivity index (χ1v) is 8.72. The Kier molecular flexibility index (Phi) is 12.0. The van der Waals surface area contributed by atoms with E-state index in [1.807, 2.05) is 39.0 Å². The van der Waals surface area contributed by atoms with E-state index < -0.39 is 5.41 Å². The van der Waals surface area contributed by atoms with Gasteiger partial charge in [-0.3, -0.25) is 9.79 Å². The molecule has 1 rings (SSSR count). The Morgan fingerprint density at radius 1 is 1.22 bits per heavy atom. The van der Waals surface area contributed by atoms with E-state index in [-0.39, 0.29) is 29.9 Å². The van der Waals surface area contributed by atoms with Gasteiger partial charge in [0.1, 0.15) is 12.4 Å². The maximum absolute atomic E-state index is 11.9. The van der Waals surface area contributed by atoms with Crippen molar-refractivity contribution in [1.29, 1.82) is 0 Å². The minimum absolute atomic E-state index is 0. The van der Waals surface area contributed by atoms with Crippen LogP contribution < -0.4 is 20.7 Å². The molecule has 1 aromatic carbocycles. The van der Waals surface area contributed by atoms with Crippen molar-refractivity contribution in [3.05, 3.63) is 29.3 Å². The second kappa shape index (κ2) is 12.8. The number of nitrogens with one attached hydrogen (secondary N) is 3. The monoisotopic (exact) mass is 492 g/mol. The van der Waals surface area contributed by atoms with Gasteiger partial charge in [0.15, 0.2) is 5.96 Å². The van der Waals surface area contributed by atoms with Crippen LogP contribution in [0.3, 0.4) is 0 Å². The summed E-state index contributed by atoms with van der Waals surface area (Å²) in [5.41, 5.74) is 1.63. The highest BCUT2D eigenvalue weighted by Gasteiger charge is 2.26. The number of hydrogen-bond donors (Lipinski definition) is 3. The van der Waals surface area contributed by atoms with Gasteiger partial charge >= 0.3 is 0 Å². The van der Waals surface area contributed by atoms with Crippen molar-refractivity contribution in [3.63, 3.8) is 0 Å². The van der Waals surface area contributed by atoms with Crippen LogP contribution in [0.25, 0.3) is 0 Å². The predicted molar refractivity (Wildman–Crippen MR) is 120 cm³/mol. The van der Waals surface area contributed by atoms with Crippen molar-refractivity contribution in [2.45, 2.75) is 27.3 Å². The maximum Gasteiger partial charge on any atom is 0.227 e. The van der Waals surface area contributed by atoms with E-state index in [1.165, 1.54) is 0 Å². The molecule has 7 nitrogen and oxygen atoms in total. The molecule has 1 aromatic rings. The number of hydrogen-bond acceptors (Lipinski definition) is 4. The molecular weight excluding hydrogens is 459 g/mol. The molecule has 0 unspecified atom stereocenters. The van der Waals surface area contributed by atoms with Crippen molar-refractivity contribution in [2.24, 2.45) is 10.4 Å². The first-order chi connectivity index (χ1) is 12.3. The molecule has 0 atom stereocenters. The van der Waals surface area contributed by atoms with Gasteiger partial charge in [-0.15, -0.1) is 24.0 Å². The number of benzene rings is 1. The number of nitrogens with zero attached hydrogens (tertiary/aromatic N) is 1. The summed E-state index contributed by atoms with van der Waals surface area (Å²) in [7, 11) is 4.99. The van der Waals surface area contributed by atoms with Gasteiger partial charge in [0.25, 0.3) is 0 Å². The number of aryl methyl sites for hydroxylation is 1. The van der Waals surface area contributed by atoms with Crippen molar-refractivity contribution in [1.82, 2.24) is 16.0 Å². The lowest BCUT2D eigenvalue weighted by molar-refractivity contribution is -0.128. The number of amides is 1. The Morgan fingerprint density at radius 3 is 2.52 bits per heavy atom. The predicted octanol–water partition coefficient (Wildman–Crippen LogP) is 2.08. The highest BCUT2D eigenvalue weighted by atomic mass is 127. The molecule has 0 fully saturated rings. The summed E-state index contributed by atoms with van der Waals surface area (Å²) in [4.78, 5) is 16.1. The molecule has 0 aliphatic heterocycles. The van der Waals surface area contributed by atoms with Crippen LogP contribution in [0.2, 0.25) is 0 Å². The summed E-state index contributed by atoms with van der Waals surface area (Å²) in [5, 5.41) is 9.13. The molecule has 0 aliphatic rings. The van der Waals surface area contributed by atoms with Crippen molar-refractivity contribution >= 4 is 35.8 Å². The van der Waals surface area contributed by atoms with Crippen LogP contribution in [0, 0.1) is 12.3 Å². The second-order valence-electron chi connectivity index (χ2n) is 6.69. The van der Waals surface area contributed by atoms with Crippen LogP contribution in [-0.2, 0) is 16.1 Å². The van der Waals surface area contributed by atoms with Gasteiger partial charge in [0, 0.05) is 39.9 Å². The lowest BCUT2D eigenvalue weighted by Gasteiger charge is -2.24. The number of methoxy groups -OCH3 is 1. The fourth-order valence-corrected chi connectivity index (χ4v) is 2.30. The molecular formula is C19H33IN4O3. The zero-order chi connectivity index (χ0) is 19.6. The molecule has 154 valence electrons. The fraction of sp³-hybridized carbons (Fsp3) is 0.579. The van der Waals surface area contributed by atoms with Crippen LogP contribution in [-0.4, -0.2) is 52.8 Å². The van der Waals surface area contributed by atoms with Gasteiger partial charge in [0.05, 0.1) is 12.0 Å². The lowest BCUT2D eigenvalue weighted by Crippen LogP contribution is -2.47. The Morgan fingerprint density at radius 2 is 1.93 bits per heavy atom. The third-order valence-electron chi connectivity index (χ3n) is 3.98. The van der Waals surface area contributed by atoms with Crippen LogP contribution in [0.15, 0.2) is 23.2 Å². The first kappa shape index (κ1) is 25.4. The molecule has 0 radical (unpaired) electrons. The van der Waals surface area contributed by atoms with Crippen molar-refractivity contribution < 1.29 is 14.3 Å². The molecule has 3 N–H and O–H groups in total. The highest BCUT2D eigenvalue weighted by molar-refractivity contribution is 14.0. The number of carbonyl (C=O) groups is 1. The number of carbonyl (C=O) groups excluding carboxylic acids is 1. The SMILES string of the molecule is CN=C(NCc1ccc(C)cc1OCCOC)NCC(C)(C)C(=O)NC.I. The van der Waals surface area contributed by atoms with Crippen LogP contribution in [0.4, 0.5) is 0 Å². The van der Waals surface area contributed by atoms with Gasteiger partial charge in [-0.05, 0) is 32.4 Å². The largest absolute Gasteiger partial charge is 0.491 e. The van der Waals surface area contributed by atoms with Gasteiger partial charge in [-0.25, -0.2) is 0 Å². The third kappa shape index (κ3) is 8.79. The molecule has 0 heterocycles. The first-order valence-electron chi connectivity index (χ1n) is 8.72. The maximum atomic E-state index is 11.9. The summed E-state index contributed by atoms with van der Waals surface area (Å²) >= 11 is 0. The van der Waals surface area contributed by atoms with E-state index in [1.54, 1.807) is 21.2 Å². The molecule has 0 bridgehead atoms. The normalized spacial score (nSPS) is 11.4. The summed E-state index contributed by atoms with van der Waals surface area (Å²) in [5.74, 6) is 1.44. The third-order valence-corrected chi connectivity index (χ3v) is 3.98. The Bertz CT molecular complexity index is 621. The fourth-order valence-electron chi connectivity index (χ4n) is 2.30. The molecule has 0 spiro atoms. The van der Waals surface area contributed by atoms with Crippen LogP contribution in [0.5, 0.6) is 5.75 Å². The summed E-state index contributed by atoms with van der Waals surface area (Å²) < 4.78 is 10.8. The van der Waals surface area contributed by atoms with E-state index in [0.717, 1.165) is 16.9 Å². The average Bonchev–Trinajstić information content (AvgIpc) is 2.62. The summed E-state index contributed by atoms with van der Waals surface area (Å²) in [6, 6.07) is 6.09. The minimum atomic E-state index is -0.537. The van der Waals surface area contributed by atoms with Gasteiger partial charge in [-0.2, -0.15) is 0 Å². The van der Waals surface area contributed by atoms with E-state index in [0.29, 0.717) is 32.3 Å². The number of aliphatic imine (C=N–C) groups is 1. The number of ether oxygens (including phenoxy) is 2. The zero-order valence-corrected chi connectivity index (χ0v) is 19.5. The molecule has 27 heavy (non-hydrogen) atoms. The quantitative estimate of drug-likeness (QED) is 0.213.